The number of fused-ring (bicyclic) bond motifs is 1. The number of hydrogen-bond donors (Lipinski definition) is 2. The van der Waals surface area contributed by atoms with E-state index in [4.69, 9.17) is 4.74 Å². The molecule has 0 saturated carbocycles. The molecule has 2 aromatic carbocycles. The first-order valence-corrected chi connectivity index (χ1v) is 12.2. The molecule has 1 aliphatic heterocycles. The molecular formula is C27H33F3N4O3. The van der Waals surface area contributed by atoms with Crippen LogP contribution in [0.2, 0.25) is 0 Å². The quantitative estimate of drug-likeness (QED) is 0.434. The van der Waals surface area contributed by atoms with Crippen molar-refractivity contribution in [2.45, 2.75) is 32.1 Å². The van der Waals surface area contributed by atoms with Crippen molar-refractivity contribution in [2.75, 3.05) is 52.3 Å². The molecule has 1 saturated heterocycles. The SMILES string of the molecule is COc1cc(C)c2[nH]ccc2c1CN1CCN(CCC(F)(F)F)C[C@@H]1c1ccc(C(=O)O)c(N(C)C)c1. The van der Waals surface area contributed by atoms with Gasteiger partial charge < -0.3 is 19.7 Å². The summed E-state index contributed by atoms with van der Waals surface area (Å²) in [4.78, 5) is 20.9. The molecule has 1 atom stereocenters. The third-order valence-electron chi connectivity index (χ3n) is 7.10. The second-order valence-electron chi connectivity index (χ2n) is 9.77. The Labute approximate surface area is 214 Å². The van der Waals surface area contributed by atoms with Gasteiger partial charge >= 0.3 is 12.1 Å². The van der Waals surface area contributed by atoms with Crippen LogP contribution in [0, 0.1) is 6.92 Å². The fourth-order valence-electron chi connectivity index (χ4n) is 5.16. The first-order valence-electron chi connectivity index (χ1n) is 12.2. The minimum atomic E-state index is -4.22. The van der Waals surface area contributed by atoms with Crippen LogP contribution in [0.25, 0.3) is 10.9 Å². The van der Waals surface area contributed by atoms with Gasteiger partial charge in [-0.15, -0.1) is 0 Å². The number of alkyl halides is 3. The fourth-order valence-corrected chi connectivity index (χ4v) is 5.16. The maximum absolute atomic E-state index is 13.0. The zero-order valence-corrected chi connectivity index (χ0v) is 21.5. The molecule has 0 radical (unpaired) electrons. The predicted molar refractivity (Wildman–Crippen MR) is 138 cm³/mol. The van der Waals surface area contributed by atoms with Crippen molar-refractivity contribution in [1.82, 2.24) is 14.8 Å². The van der Waals surface area contributed by atoms with E-state index in [1.54, 1.807) is 38.2 Å². The number of halogens is 3. The molecule has 4 rings (SSSR count). The topological polar surface area (TPSA) is 72.0 Å². The second kappa shape index (κ2) is 10.6. The normalized spacial score (nSPS) is 17.3. The number of ether oxygens (including phenoxy) is 1. The minimum Gasteiger partial charge on any atom is -0.496 e. The van der Waals surface area contributed by atoms with E-state index in [2.05, 4.69) is 9.88 Å². The number of benzene rings is 2. The molecule has 1 aromatic heterocycles. The van der Waals surface area contributed by atoms with E-state index in [1.165, 1.54) is 0 Å². The molecule has 0 aliphatic carbocycles. The van der Waals surface area contributed by atoms with E-state index < -0.39 is 18.6 Å². The Morgan fingerprint density at radius 3 is 2.62 bits per heavy atom. The van der Waals surface area contributed by atoms with E-state index in [0.29, 0.717) is 31.9 Å². The number of H-pyrrole nitrogens is 1. The molecule has 1 fully saturated rings. The van der Waals surface area contributed by atoms with Gasteiger partial charge in [-0.3, -0.25) is 9.80 Å². The van der Waals surface area contributed by atoms with Crippen molar-refractivity contribution in [3.8, 4) is 5.75 Å². The number of aromatic amines is 1. The maximum atomic E-state index is 13.0. The maximum Gasteiger partial charge on any atom is 0.390 e. The molecule has 0 spiro atoms. The van der Waals surface area contributed by atoms with Crippen LogP contribution >= 0.6 is 0 Å². The predicted octanol–water partition coefficient (Wildman–Crippen LogP) is 5.06. The molecule has 37 heavy (non-hydrogen) atoms. The Bertz CT molecular complexity index is 1270. The van der Waals surface area contributed by atoms with Crippen LogP contribution in [0.15, 0.2) is 36.5 Å². The number of carboxylic acids is 1. The molecular weight excluding hydrogens is 485 g/mol. The largest absolute Gasteiger partial charge is 0.496 e. The third-order valence-corrected chi connectivity index (χ3v) is 7.10. The number of aromatic nitrogens is 1. The molecule has 2 N–H and O–H groups in total. The highest BCUT2D eigenvalue weighted by molar-refractivity contribution is 5.94. The number of aromatic carboxylic acids is 1. The number of rotatable bonds is 8. The van der Waals surface area contributed by atoms with Crippen molar-refractivity contribution in [2.24, 2.45) is 0 Å². The number of aryl methyl sites for hydroxylation is 1. The van der Waals surface area contributed by atoms with E-state index in [9.17, 15) is 23.1 Å². The van der Waals surface area contributed by atoms with Crippen LogP contribution in [0.4, 0.5) is 18.9 Å². The average Bonchev–Trinajstić information content (AvgIpc) is 3.34. The monoisotopic (exact) mass is 518 g/mol. The van der Waals surface area contributed by atoms with E-state index in [0.717, 1.165) is 33.3 Å². The van der Waals surface area contributed by atoms with Gasteiger partial charge in [0.15, 0.2) is 0 Å². The van der Waals surface area contributed by atoms with Crippen LogP contribution < -0.4 is 9.64 Å². The van der Waals surface area contributed by atoms with Crippen molar-refractivity contribution >= 4 is 22.6 Å². The number of carbonyl (C=O) groups is 1. The van der Waals surface area contributed by atoms with Crippen LogP contribution in [-0.2, 0) is 6.54 Å². The van der Waals surface area contributed by atoms with Gasteiger partial charge in [-0.2, -0.15) is 13.2 Å². The zero-order valence-electron chi connectivity index (χ0n) is 21.5. The Morgan fingerprint density at radius 2 is 1.97 bits per heavy atom. The summed E-state index contributed by atoms with van der Waals surface area (Å²) in [6.07, 6.45) is -3.19. The first kappa shape index (κ1) is 26.8. The van der Waals surface area contributed by atoms with Gasteiger partial charge in [-0.1, -0.05) is 6.07 Å². The molecule has 3 aromatic rings. The Kier molecular flexibility index (Phi) is 7.70. The van der Waals surface area contributed by atoms with Gasteiger partial charge in [0.2, 0.25) is 0 Å². The second-order valence-corrected chi connectivity index (χ2v) is 9.77. The van der Waals surface area contributed by atoms with Crippen LogP contribution in [0.5, 0.6) is 5.75 Å². The minimum absolute atomic E-state index is 0.0719. The van der Waals surface area contributed by atoms with Gasteiger partial charge in [0.05, 0.1) is 24.8 Å². The Balaban J connectivity index is 1.72. The summed E-state index contributed by atoms with van der Waals surface area (Å²) in [5, 5.41) is 10.7. The van der Waals surface area contributed by atoms with Crippen molar-refractivity contribution in [3.63, 3.8) is 0 Å². The molecule has 200 valence electrons. The number of piperazine rings is 1. The molecule has 7 nitrogen and oxygen atoms in total. The Hall–Kier alpha value is -3.24. The molecule has 0 bridgehead atoms. The lowest BCUT2D eigenvalue weighted by atomic mass is 9.97. The van der Waals surface area contributed by atoms with Crippen LogP contribution in [0.1, 0.15) is 39.5 Å². The highest BCUT2D eigenvalue weighted by Gasteiger charge is 2.33. The van der Waals surface area contributed by atoms with Gasteiger partial charge in [0.25, 0.3) is 0 Å². The zero-order chi connectivity index (χ0) is 26.9. The highest BCUT2D eigenvalue weighted by Crippen LogP contribution is 2.36. The number of nitrogens with zero attached hydrogens (tertiary/aromatic N) is 3. The first-order chi connectivity index (χ1) is 17.5. The summed E-state index contributed by atoms with van der Waals surface area (Å²) < 4.78 is 44.7. The van der Waals surface area contributed by atoms with Gasteiger partial charge in [0.1, 0.15) is 5.75 Å². The van der Waals surface area contributed by atoms with Crippen molar-refractivity contribution in [3.05, 3.63) is 58.8 Å². The number of hydrogen-bond acceptors (Lipinski definition) is 5. The highest BCUT2D eigenvalue weighted by atomic mass is 19.4. The summed E-state index contributed by atoms with van der Waals surface area (Å²) in [7, 11) is 5.19. The molecule has 2 heterocycles. The summed E-state index contributed by atoms with van der Waals surface area (Å²) in [6.45, 7) is 3.94. The molecule has 1 aliphatic rings. The van der Waals surface area contributed by atoms with Gasteiger partial charge in [-0.05, 0) is 42.3 Å². The number of nitrogens with one attached hydrogen (secondary N) is 1. The summed E-state index contributed by atoms with van der Waals surface area (Å²) in [6, 6.07) is 8.97. The van der Waals surface area contributed by atoms with Gasteiger partial charge in [-0.25, -0.2) is 4.79 Å². The van der Waals surface area contributed by atoms with Crippen LogP contribution in [0.3, 0.4) is 0 Å². The van der Waals surface area contributed by atoms with E-state index in [-0.39, 0.29) is 18.2 Å². The number of carboxylic acid groups (broad SMARTS) is 1. The lowest BCUT2D eigenvalue weighted by Crippen LogP contribution is -2.48. The molecule has 10 heteroatoms. The Morgan fingerprint density at radius 1 is 1.22 bits per heavy atom. The lowest BCUT2D eigenvalue weighted by molar-refractivity contribution is -0.139. The summed E-state index contributed by atoms with van der Waals surface area (Å²) >= 11 is 0. The van der Waals surface area contributed by atoms with E-state index >= 15 is 0 Å². The third kappa shape index (κ3) is 5.86. The number of anilines is 1. The van der Waals surface area contributed by atoms with Crippen molar-refractivity contribution in [1.29, 1.82) is 0 Å². The van der Waals surface area contributed by atoms with Crippen molar-refractivity contribution < 1.29 is 27.8 Å². The van der Waals surface area contributed by atoms with E-state index in [1.807, 2.05) is 36.2 Å². The standard InChI is InChI=1S/C27H33F3N4O3/c1-17-13-24(37-4)21(19-7-9-31-25(17)19)15-34-12-11-33(10-8-27(28,29)30)16-23(34)18-5-6-20(26(35)36)22(14-18)32(2)3/h5-7,9,13-14,23,31H,8,10-12,15-16H2,1-4H3,(H,35,36)/t23-/m1/s1. The fraction of sp³-hybridized carbons (Fsp3) is 0.444. The molecule has 0 unspecified atom stereocenters. The summed E-state index contributed by atoms with van der Waals surface area (Å²) in [5.74, 6) is -0.264. The van der Waals surface area contributed by atoms with Crippen LogP contribution in [-0.4, -0.2) is 79.4 Å². The smallest absolute Gasteiger partial charge is 0.390 e. The lowest BCUT2D eigenvalue weighted by Gasteiger charge is -2.42. The molecule has 0 amide bonds. The summed E-state index contributed by atoms with van der Waals surface area (Å²) in [5.41, 5.74) is 4.69. The average molecular weight is 519 g/mol. The number of methoxy groups -OCH3 is 1. The van der Waals surface area contributed by atoms with Gasteiger partial charge in [0, 0.05) is 75.5 Å².